The van der Waals surface area contributed by atoms with Gasteiger partial charge >= 0.3 is 0 Å². The van der Waals surface area contributed by atoms with Gasteiger partial charge in [0, 0.05) is 23.1 Å². The molecule has 0 bridgehead atoms. The van der Waals surface area contributed by atoms with Gasteiger partial charge in [0.15, 0.2) is 17.3 Å². The first-order chi connectivity index (χ1) is 13.3. The zero-order chi connectivity index (χ0) is 18.6. The van der Waals surface area contributed by atoms with Crippen molar-refractivity contribution in [2.75, 3.05) is 19.5 Å². The van der Waals surface area contributed by atoms with Gasteiger partial charge in [0.05, 0.1) is 26.3 Å². The standard InChI is InChI=1S/C20H18N4O3/c1-25-18-9-15-17(10-19(18)26-2)22-12-23-20(15)21-11-14-8-16(24-27-14)13-6-4-3-5-7-13/h3-10,12H,11H2,1-2H3,(H,21,22,23). The van der Waals surface area contributed by atoms with Gasteiger partial charge in [-0.2, -0.15) is 0 Å². The third-order valence-corrected chi connectivity index (χ3v) is 4.20. The van der Waals surface area contributed by atoms with E-state index < -0.39 is 0 Å². The lowest BCUT2D eigenvalue weighted by Gasteiger charge is -2.11. The molecule has 0 saturated heterocycles. The molecule has 136 valence electrons. The Hall–Kier alpha value is -3.61. The quantitative estimate of drug-likeness (QED) is 0.557. The van der Waals surface area contributed by atoms with E-state index in [0.717, 1.165) is 22.2 Å². The third-order valence-electron chi connectivity index (χ3n) is 4.20. The third kappa shape index (κ3) is 3.39. The summed E-state index contributed by atoms with van der Waals surface area (Å²) in [5.41, 5.74) is 2.57. The normalized spacial score (nSPS) is 10.7. The van der Waals surface area contributed by atoms with E-state index in [-0.39, 0.29) is 0 Å². The van der Waals surface area contributed by atoms with Gasteiger partial charge in [-0.25, -0.2) is 9.97 Å². The lowest BCUT2D eigenvalue weighted by Crippen LogP contribution is -2.02. The van der Waals surface area contributed by atoms with Crippen molar-refractivity contribution in [3.8, 4) is 22.8 Å². The summed E-state index contributed by atoms with van der Waals surface area (Å²) in [6, 6.07) is 15.5. The molecule has 0 aliphatic heterocycles. The van der Waals surface area contributed by atoms with E-state index in [2.05, 4.69) is 20.4 Å². The van der Waals surface area contributed by atoms with Gasteiger partial charge in [0.2, 0.25) is 0 Å². The maximum absolute atomic E-state index is 5.43. The molecule has 0 amide bonds. The van der Waals surface area contributed by atoms with Crippen molar-refractivity contribution in [3.63, 3.8) is 0 Å². The Bertz CT molecular complexity index is 1060. The van der Waals surface area contributed by atoms with Gasteiger partial charge in [0.1, 0.15) is 17.8 Å². The highest BCUT2D eigenvalue weighted by molar-refractivity contribution is 5.91. The molecule has 0 saturated carbocycles. The first-order valence-corrected chi connectivity index (χ1v) is 8.40. The van der Waals surface area contributed by atoms with Crippen LogP contribution in [-0.2, 0) is 6.54 Å². The predicted octanol–water partition coefficient (Wildman–Crippen LogP) is 3.91. The van der Waals surface area contributed by atoms with Crippen LogP contribution < -0.4 is 14.8 Å². The van der Waals surface area contributed by atoms with Crippen molar-refractivity contribution in [1.82, 2.24) is 15.1 Å². The van der Waals surface area contributed by atoms with Crippen LogP contribution in [0.25, 0.3) is 22.2 Å². The van der Waals surface area contributed by atoms with Gasteiger partial charge < -0.3 is 19.3 Å². The molecule has 2 aromatic carbocycles. The van der Waals surface area contributed by atoms with E-state index in [1.54, 1.807) is 14.2 Å². The van der Waals surface area contributed by atoms with Crippen LogP contribution in [0, 0.1) is 0 Å². The number of nitrogens with zero attached hydrogens (tertiary/aromatic N) is 3. The van der Waals surface area contributed by atoms with Gasteiger partial charge in [-0.3, -0.25) is 0 Å². The molecule has 1 N–H and O–H groups in total. The molecule has 7 heteroatoms. The second-order valence-corrected chi connectivity index (χ2v) is 5.84. The minimum Gasteiger partial charge on any atom is -0.493 e. The number of benzene rings is 2. The van der Waals surface area contributed by atoms with E-state index >= 15 is 0 Å². The Morgan fingerprint density at radius 2 is 1.74 bits per heavy atom. The van der Waals surface area contributed by atoms with E-state index in [1.165, 1.54) is 6.33 Å². The maximum atomic E-state index is 5.43. The van der Waals surface area contributed by atoms with Crippen molar-refractivity contribution < 1.29 is 14.0 Å². The molecule has 0 aliphatic rings. The van der Waals surface area contributed by atoms with E-state index in [9.17, 15) is 0 Å². The van der Waals surface area contributed by atoms with Crippen LogP contribution in [0.5, 0.6) is 11.5 Å². The van der Waals surface area contributed by atoms with E-state index in [1.807, 2.05) is 48.5 Å². The van der Waals surface area contributed by atoms with Gasteiger partial charge in [-0.1, -0.05) is 35.5 Å². The number of fused-ring (bicyclic) bond motifs is 1. The van der Waals surface area contributed by atoms with E-state index in [4.69, 9.17) is 14.0 Å². The van der Waals surface area contributed by atoms with Crippen LogP contribution in [0.2, 0.25) is 0 Å². The summed E-state index contributed by atoms with van der Waals surface area (Å²) in [7, 11) is 3.19. The van der Waals surface area contributed by atoms with Crippen LogP contribution in [0.4, 0.5) is 5.82 Å². The van der Waals surface area contributed by atoms with Gasteiger partial charge in [-0.15, -0.1) is 0 Å². The second-order valence-electron chi connectivity index (χ2n) is 5.84. The first kappa shape index (κ1) is 16.8. The summed E-state index contributed by atoms with van der Waals surface area (Å²) in [5.74, 6) is 2.63. The summed E-state index contributed by atoms with van der Waals surface area (Å²) in [4.78, 5) is 8.64. The highest BCUT2D eigenvalue weighted by Crippen LogP contribution is 2.33. The fraction of sp³-hybridized carbons (Fsp3) is 0.150. The molecule has 7 nitrogen and oxygen atoms in total. The number of ether oxygens (including phenoxy) is 2. The number of hydrogen-bond donors (Lipinski definition) is 1. The summed E-state index contributed by atoms with van der Waals surface area (Å²) < 4.78 is 16.1. The fourth-order valence-corrected chi connectivity index (χ4v) is 2.84. The summed E-state index contributed by atoms with van der Waals surface area (Å²) >= 11 is 0. The second kappa shape index (κ2) is 7.33. The lowest BCUT2D eigenvalue weighted by molar-refractivity contribution is 0.356. The number of nitrogens with one attached hydrogen (secondary N) is 1. The van der Waals surface area contributed by atoms with Gasteiger partial charge in [0.25, 0.3) is 0 Å². The van der Waals surface area contributed by atoms with Crippen molar-refractivity contribution in [3.05, 3.63) is 60.6 Å². The Balaban J connectivity index is 1.58. The van der Waals surface area contributed by atoms with E-state index in [0.29, 0.717) is 29.6 Å². The van der Waals surface area contributed by atoms with Crippen molar-refractivity contribution in [1.29, 1.82) is 0 Å². The Kier molecular flexibility index (Phi) is 4.57. The van der Waals surface area contributed by atoms with Gasteiger partial charge in [-0.05, 0) is 6.07 Å². The molecule has 0 aliphatic carbocycles. The Morgan fingerprint density at radius 1 is 0.963 bits per heavy atom. The van der Waals surface area contributed by atoms with Crippen molar-refractivity contribution >= 4 is 16.7 Å². The molecule has 4 aromatic rings. The zero-order valence-corrected chi connectivity index (χ0v) is 15.0. The first-order valence-electron chi connectivity index (χ1n) is 8.40. The molecule has 2 aromatic heterocycles. The number of aromatic nitrogens is 3. The monoisotopic (exact) mass is 362 g/mol. The number of hydrogen-bond acceptors (Lipinski definition) is 7. The summed E-state index contributed by atoms with van der Waals surface area (Å²) in [6.07, 6.45) is 1.51. The Morgan fingerprint density at radius 3 is 2.52 bits per heavy atom. The number of methoxy groups -OCH3 is 2. The average Bonchev–Trinajstić information content (AvgIpc) is 3.20. The molecule has 2 heterocycles. The predicted molar refractivity (Wildman–Crippen MR) is 102 cm³/mol. The van der Waals surface area contributed by atoms with Crippen LogP contribution in [0.3, 0.4) is 0 Å². The van der Waals surface area contributed by atoms with Crippen molar-refractivity contribution in [2.24, 2.45) is 0 Å². The molecular formula is C20H18N4O3. The van der Waals surface area contributed by atoms with Crippen LogP contribution in [0.1, 0.15) is 5.76 Å². The summed E-state index contributed by atoms with van der Waals surface area (Å²) in [6.45, 7) is 0.445. The molecule has 27 heavy (non-hydrogen) atoms. The largest absolute Gasteiger partial charge is 0.493 e. The maximum Gasteiger partial charge on any atom is 0.162 e. The van der Waals surface area contributed by atoms with Crippen LogP contribution in [-0.4, -0.2) is 29.3 Å². The molecular weight excluding hydrogens is 344 g/mol. The molecule has 0 radical (unpaired) electrons. The number of rotatable bonds is 6. The minimum absolute atomic E-state index is 0.445. The fourth-order valence-electron chi connectivity index (χ4n) is 2.84. The number of anilines is 1. The minimum atomic E-state index is 0.445. The summed E-state index contributed by atoms with van der Waals surface area (Å²) in [5, 5.41) is 8.23. The van der Waals surface area contributed by atoms with Crippen LogP contribution in [0.15, 0.2) is 59.4 Å². The van der Waals surface area contributed by atoms with Crippen LogP contribution >= 0.6 is 0 Å². The van der Waals surface area contributed by atoms with Crippen molar-refractivity contribution in [2.45, 2.75) is 6.54 Å². The zero-order valence-electron chi connectivity index (χ0n) is 15.0. The SMILES string of the molecule is COc1cc2ncnc(NCc3cc(-c4ccccc4)no3)c2cc1OC. The lowest BCUT2D eigenvalue weighted by atomic mass is 10.1. The highest BCUT2D eigenvalue weighted by Gasteiger charge is 2.12. The highest BCUT2D eigenvalue weighted by atomic mass is 16.5. The molecule has 4 rings (SSSR count). The molecule has 0 spiro atoms. The Labute approximate surface area is 156 Å². The smallest absolute Gasteiger partial charge is 0.162 e. The average molecular weight is 362 g/mol. The molecule has 0 atom stereocenters. The molecule has 0 fully saturated rings. The molecule has 0 unspecified atom stereocenters. The topological polar surface area (TPSA) is 82.3 Å².